The number of imidazole rings is 1. The van der Waals surface area contributed by atoms with Crippen molar-refractivity contribution in [3.63, 3.8) is 0 Å². The van der Waals surface area contributed by atoms with Gasteiger partial charge in [-0.15, -0.1) is 10.2 Å². The highest BCUT2D eigenvalue weighted by Crippen LogP contribution is 2.43. The van der Waals surface area contributed by atoms with Crippen LogP contribution >= 0.6 is 0 Å². The molecular weight excluding hydrogens is 390 g/mol. The van der Waals surface area contributed by atoms with Gasteiger partial charge in [-0.1, -0.05) is 19.8 Å². The number of nitrogens with zero attached hydrogens (tertiary/aromatic N) is 9. The molecule has 0 spiro atoms. The second-order valence-corrected chi connectivity index (χ2v) is 8.88. The highest BCUT2D eigenvalue weighted by atomic mass is 15.4. The van der Waals surface area contributed by atoms with Gasteiger partial charge in [0.25, 0.3) is 0 Å². The standard InChI is InChI=1S/C22H29N9/c1-3-17-20-27-26-15(2)30(20)18-14-24-21(25-19(18)31(17)16-8-4-5-9-16)29-13-10-23-22(29)28-11-6-7-12-28/h10,13-14,16-17H,3-9,11-12H2,1-2H3. The zero-order chi connectivity index (χ0) is 20.9. The molecule has 0 N–H and O–H groups in total. The lowest BCUT2D eigenvalue weighted by Crippen LogP contribution is -2.42. The van der Waals surface area contributed by atoms with Gasteiger partial charge < -0.3 is 9.80 Å². The minimum absolute atomic E-state index is 0.181. The van der Waals surface area contributed by atoms with Crippen LogP contribution in [0, 0.1) is 6.92 Å². The van der Waals surface area contributed by atoms with E-state index in [0.717, 1.165) is 48.6 Å². The van der Waals surface area contributed by atoms with Crippen molar-refractivity contribution in [3.05, 3.63) is 30.2 Å². The topological polar surface area (TPSA) is 80.8 Å². The number of rotatable bonds is 4. The highest BCUT2D eigenvalue weighted by molar-refractivity contribution is 5.63. The maximum atomic E-state index is 5.17. The second kappa shape index (κ2) is 7.32. The van der Waals surface area contributed by atoms with E-state index in [4.69, 9.17) is 9.97 Å². The first-order valence-corrected chi connectivity index (χ1v) is 11.6. The van der Waals surface area contributed by atoms with Gasteiger partial charge in [0.15, 0.2) is 11.6 Å². The largest absolute Gasteiger partial charge is 0.342 e. The van der Waals surface area contributed by atoms with Crippen molar-refractivity contribution >= 4 is 11.8 Å². The predicted octanol–water partition coefficient (Wildman–Crippen LogP) is 3.37. The first-order valence-electron chi connectivity index (χ1n) is 11.6. The quantitative estimate of drug-likeness (QED) is 0.641. The lowest BCUT2D eigenvalue weighted by atomic mass is 10.0. The maximum absolute atomic E-state index is 5.17. The summed E-state index contributed by atoms with van der Waals surface area (Å²) >= 11 is 0. The molecule has 31 heavy (non-hydrogen) atoms. The minimum atomic E-state index is 0.181. The summed E-state index contributed by atoms with van der Waals surface area (Å²) in [6.45, 7) is 6.32. The molecule has 0 bridgehead atoms. The number of hydrogen-bond acceptors (Lipinski definition) is 7. The number of hydrogen-bond donors (Lipinski definition) is 0. The molecule has 6 rings (SSSR count). The molecule has 1 atom stereocenters. The Morgan fingerprint density at radius 3 is 2.61 bits per heavy atom. The van der Waals surface area contributed by atoms with E-state index in [9.17, 15) is 0 Å². The summed E-state index contributed by atoms with van der Waals surface area (Å²) < 4.78 is 4.18. The first-order chi connectivity index (χ1) is 15.3. The van der Waals surface area contributed by atoms with Crippen molar-refractivity contribution in [2.75, 3.05) is 22.9 Å². The SMILES string of the molecule is CCC1c2nnc(C)n2-c2cnc(-n3ccnc3N3CCCC3)nc2N1C1CCCC1. The molecule has 1 saturated carbocycles. The fourth-order valence-corrected chi connectivity index (χ4v) is 5.58. The normalized spacial score (nSPS) is 21.0. The summed E-state index contributed by atoms with van der Waals surface area (Å²) in [5, 5.41) is 8.97. The Labute approximate surface area is 182 Å². The van der Waals surface area contributed by atoms with Crippen LogP contribution in [0.4, 0.5) is 11.8 Å². The molecule has 0 amide bonds. The van der Waals surface area contributed by atoms with E-state index in [1.807, 2.05) is 30.1 Å². The van der Waals surface area contributed by atoms with Gasteiger partial charge in [0.05, 0.1) is 12.2 Å². The van der Waals surface area contributed by atoms with Gasteiger partial charge in [-0.05, 0) is 39.0 Å². The van der Waals surface area contributed by atoms with Crippen molar-refractivity contribution < 1.29 is 0 Å². The zero-order valence-electron chi connectivity index (χ0n) is 18.3. The fraction of sp³-hybridized carbons (Fsp3) is 0.591. The Balaban J connectivity index is 1.51. The summed E-state index contributed by atoms with van der Waals surface area (Å²) in [6, 6.07) is 0.665. The van der Waals surface area contributed by atoms with E-state index in [1.54, 1.807) is 0 Å². The lowest BCUT2D eigenvalue weighted by molar-refractivity contribution is 0.467. The summed E-state index contributed by atoms with van der Waals surface area (Å²) in [5.41, 5.74) is 0.987. The van der Waals surface area contributed by atoms with E-state index in [0.29, 0.717) is 12.0 Å². The molecule has 9 heteroatoms. The maximum Gasteiger partial charge on any atom is 0.238 e. The van der Waals surface area contributed by atoms with E-state index < -0.39 is 0 Å². The van der Waals surface area contributed by atoms with Crippen LogP contribution in [0.5, 0.6) is 0 Å². The molecule has 3 aliphatic rings. The average molecular weight is 420 g/mol. The molecule has 2 aliphatic heterocycles. The van der Waals surface area contributed by atoms with Gasteiger partial charge in [0.1, 0.15) is 11.5 Å². The summed E-state index contributed by atoms with van der Waals surface area (Å²) in [5.74, 6) is 4.52. The highest BCUT2D eigenvalue weighted by Gasteiger charge is 2.39. The van der Waals surface area contributed by atoms with Crippen molar-refractivity contribution in [2.45, 2.75) is 70.9 Å². The second-order valence-electron chi connectivity index (χ2n) is 8.88. The molecule has 9 nitrogen and oxygen atoms in total. The molecule has 1 aliphatic carbocycles. The molecule has 1 unspecified atom stereocenters. The predicted molar refractivity (Wildman–Crippen MR) is 118 cm³/mol. The third-order valence-electron chi connectivity index (χ3n) is 7.04. The number of anilines is 2. The minimum Gasteiger partial charge on any atom is -0.342 e. The Hall–Kier alpha value is -2.97. The Morgan fingerprint density at radius 1 is 1.03 bits per heavy atom. The molecule has 1 saturated heterocycles. The smallest absolute Gasteiger partial charge is 0.238 e. The number of aryl methyl sites for hydroxylation is 1. The Bertz CT molecular complexity index is 1090. The molecule has 0 radical (unpaired) electrons. The van der Waals surface area contributed by atoms with Crippen molar-refractivity contribution in [2.24, 2.45) is 0 Å². The molecule has 5 heterocycles. The van der Waals surface area contributed by atoms with Crippen molar-refractivity contribution in [1.82, 2.24) is 34.3 Å². The van der Waals surface area contributed by atoms with E-state index in [1.165, 1.54) is 38.5 Å². The van der Waals surface area contributed by atoms with Crippen LogP contribution in [0.3, 0.4) is 0 Å². The van der Waals surface area contributed by atoms with Gasteiger partial charge in [0.2, 0.25) is 11.9 Å². The van der Waals surface area contributed by atoms with Crippen LogP contribution in [-0.2, 0) is 0 Å². The molecule has 3 aromatic heterocycles. The average Bonchev–Trinajstić information content (AvgIpc) is 3.59. The van der Waals surface area contributed by atoms with Gasteiger partial charge >= 0.3 is 0 Å². The van der Waals surface area contributed by atoms with E-state index in [-0.39, 0.29) is 6.04 Å². The van der Waals surface area contributed by atoms with Crippen LogP contribution in [-0.4, -0.2) is 53.4 Å². The lowest BCUT2D eigenvalue weighted by Gasteiger charge is -2.41. The van der Waals surface area contributed by atoms with E-state index >= 15 is 0 Å². The van der Waals surface area contributed by atoms with Crippen LogP contribution in [0.25, 0.3) is 11.6 Å². The Kier molecular flexibility index (Phi) is 4.43. The van der Waals surface area contributed by atoms with Crippen LogP contribution in [0.15, 0.2) is 18.6 Å². The zero-order valence-corrected chi connectivity index (χ0v) is 18.3. The third kappa shape index (κ3) is 2.85. The number of fused-ring (bicyclic) bond motifs is 3. The van der Waals surface area contributed by atoms with Gasteiger partial charge in [-0.2, -0.15) is 4.98 Å². The summed E-state index contributed by atoms with van der Waals surface area (Å²) in [4.78, 5) is 19.4. The summed E-state index contributed by atoms with van der Waals surface area (Å²) in [7, 11) is 0. The molecule has 3 aromatic rings. The van der Waals surface area contributed by atoms with Crippen molar-refractivity contribution in [3.8, 4) is 11.6 Å². The van der Waals surface area contributed by atoms with Gasteiger partial charge in [0, 0.05) is 31.5 Å². The number of aromatic nitrogens is 7. The fourth-order valence-electron chi connectivity index (χ4n) is 5.58. The molecule has 162 valence electrons. The van der Waals surface area contributed by atoms with Gasteiger partial charge in [-0.25, -0.2) is 9.97 Å². The van der Waals surface area contributed by atoms with Crippen LogP contribution < -0.4 is 9.80 Å². The molecule has 0 aromatic carbocycles. The Morgan fingerprint density at radius 2 is 1.84 bits per heavy atom. The summed E-state index contributed by atoms with van der Waals surface area (Å²) in [6.07, 6.45) is 14.1. The molecule has 2 fully saturated rings. The monoisotopic (exact) mass is 419 g/mol. The van der Waals surface area contributed by atoms with E-state index in [2.05, 4.69) is 36.5 Å². The molecular formula is C22H29N9. The van der Waals surface area contributed by atoms with Crippen LogP contribution in [0.2, 0.25) is 0 Å². The van der Waals surface area contributed by atoms with Crippen LogP contribution in [0.1, 0.15) is 69.6 Å². The first kappa shape index (κ1) is 18.8. The third-order valence-corrected chi connectivity index (χ3v) is 7.04. The van der Waals surface area contributed by atoms with Crippen molar-refractivity contribution in [1.29, 1.82) is 0 Å². The van der Waals surface area contributed by atoms with Gasteiger partial charge in [-0.3, -0.25) is 9.13 Å².